The van der Waals surface area contributed by atoms with Crippen LogP contribution in [0.25, 0.3) is 11.3 Å². The van der Waals surface area contributed by atoms with E-state index >= 15 is 0 Å². The lowest BCUT2D eigenvalue weighted by molar-refractivity contribution is 0.0613. The number of hydrogen-bond acceptors (Lipinski definition) is 5. The first-order valence-electron chi connectivity index (χ1n) is 10.0. The Morgan fingerprint density at radius 3 is 2.47 bits per heavy atom. The number of methoxy groups -OCH3 is 1. The maximum atomic E-state index is 12.0. The van der Waals surface area contributed by atoms with E-state index in [-0.39, 0.29) is 12.0 Å². The van der Waals surface area contributed by atoms with Crippen LogP contribution in [-0.4, -0.2) is 37.2 Å². The van der Waals surface area contributed by atoms with Gasteiger partial charge in [-0.25, -0.2) is 0 Å². The van der Waals surface area contributed by atoms with E-state index in [0.29, 0.717) is 17.0 Å². The Morgan fingerprint density at radius 1 is 1.03 bits per heavy atom. The van der Waals surface area contributed by atoms with Crippen LogP contribution in [0.1, 0.15) is 28.4 Å². The molecule has 0 bridgehead atoms. The zero-order valence-corrected chi connectivity index (χ0v) is 16.9. The number of carbonyl (C=O) groups excluding carboxylic acids is 1. The number of rotatable bonds is 6. The second kappa shape index (κ2) is 9.07. The summed E-state index contributed by atoms with van der Waals surface area (Å²) in [6, 6.07) is 20.8. The van der Waals surface area contributed by atoms with Crippen LogP contribution in [0.15, 0.2) is 66.7 Å². The lowest BCUT2D eigenvalue weighted by Crippen LogP contribution is -2.40. The van der Waals surface area contributed by atoms with Gasteiger partial charge in [0.05, 0.1) is 17.4 Å². The van der Waals surface area contributed by atoms with Gasteiger partial charge in [-0.05, 0) is 61.5 Å². The van der Waals surface area contributed by atoms with Crippen molar-refractivity contribution in [2.75, 3.05) is 20.2 Å². The summed E-state index contributed by atoms with van der Waals surface area (Å²) < 4.78 is 11.5. The van der Waals surface area contributed by atoms with E-state index in [0.717, 1.165) is 36.5 Å². The molecule has 1 fully saturated rings. The predicted octanol–water partition coefficient (Wildman–Crippen LogP) is 3.73. The smallest absolute Gasteiger partial charge is 0.250 e. The number of nitrogens with two attached hydrogens (primary N) is 1. The van der Waals surface area contributed by atoms with Gasteiger partial charge in [0.1, 0.15) is 11.5 Å². The van der Waals surface area contributed by atoms with Gasteiger partial charge in [-0.15, -0.1) is 0 Å². The fraction of sp³-hybridized carbons (Fsp3) is 0.250. The third-order valence-corrected chi connectivity index (χ3v) is 5.40. The molecule has 2 heterocycles. The molecule has 1 saturated heterocycles. The Bertz CT molecular complexity index is 1010. The number of nitrogens with one attached hydrogen (secondary N) is 1. The molecule has 3 N–H and O–H groups in total. The second-order valence-electron chi connectivity index (χ2n) is 7.31. The molecule has 2 atom stereocenters. The number of hydrogen-bond donors (Lipinski definition) is 2. The van der Waals surface area contributed by atoms with E-state index in [1.165, 1.54) is 0 Å². The van der Waals surface area contributed by atoms with E-state index in [1.54, 1.807) is 13.2 Å². The highest BCUT2D eigenvalue weighted by atomic mass is 16.5. The highest BCUT2D eigenvalue weighted by molar-refractivity contribution is 5.98. The third kappa shape index (κ3) is 4.35. The van der Waals surface area contributed by atoms with Crippen molar-refractivity contribution in [2.45, 2.75) is 18.4 Å². The zero-order valence-electron chi connectivity index (χ0n) is 16.9. The fourth-order valence-corrected chi connectivity index (χ4v) is 3.82. The topological polar surface area (TPSA) is 86.5 Å². The number of pyridine rings is 1. The van der Waals surface area contributed by atoms with Gasteiger partial charge in [0.2, 0.25) is 0 Å². The Balaban J connectivity index is 1.65. The Morgan fingerprint density at radius 2 is 1.77 bits per heavy atom. The largest absolute Gasteiger partial charge is 0.457 e. The summed E-state index contributed by atoms with van der Waals surface area (Å²) in [4.78, 5) is 16.9. The summed E-state index contributed by atoms with van der Waals surface area (Å²) in [5.41, 5.74) is 8.34. The van der Waals surface area contributed by atoms with Gasteiger partial charge in [0, 0.05) is 30.8 Å². The molecule has 2 aromatic carbocycles. The lowest BCUT2D eigenvalue weighted by Gasteiger charge is -2.31. The minimum Gasteiger partial charge on any atom is -0.457 e. The summed E-state index contributed by atoms with van der Waals surface area (Å²) in [5, 5.41) is 3.35. The summed E-state index contributed by atoms with van der Waals surface area (Å²) in [6.07, 6.45) is 0.963. The van der Waals surface area contributed by atoms with E-state index < -0.39 is 5.91 Å². The Kier molecular flexibility index (Phi) is 6.07. The molecule has 30 heavy (non-hydrogen) atoms. The number of aromatic nitrogens is 1. The number of primary amides is 1. The van der Waals surface area contributed by atoms with E-state index in [2.05, 4.69) is 5.32 Å². The fourth-order valence-electron chi connectivity index (χ4n) is 3.82. The molecule has 1 aliphatic rings. The molecule has 1 aliphatic heterocycles. The highest BCUT2D eigenvalue weighted by Crippen LogP contribution is 2.31. The van der Waals surface area contributed by atoms with Crippen LogP contribution in [0, 0.1) is 0 Å². The van der Waals surface area contributed by atoms with E-state index in [1.807, 2.05) is 60.7 Å². The SMILES string of the molecule is COC1CNCCC1c1ccc(C(N)=O)c(-c2ccc(Oc3ccccc3)cc2)n1. The number of piperidine rings is 1. The van der Waals surface area contributed by atoms with Crippen LogP contribution >= 0.6 is 0 Å². The first kappa shape index (κ1) is 20.1. The van der Waals surface area contributed by atoms with Crippen molar-refractivity contribution < 1.29 is 14.3 Å². The molecular formula is C24H25N3O3. The first-order valence-corrected chi connectivity index (χ1v) is 10.0. The summed E-state index contributed by atoms with van der Waals surface area (Å²) in [5.74, 6) is 1.14. The van der Waals surface area contributed by atoms with Gasteiger partial charge in [0.15, 0.2) is 0 Å². The molecule has 0 spiro atoms. The number of amides is 1. The average Bonchev–Trinajstić information content (AvgIpc) is 2.80. The molecule has 1 amide bonds. The maximum absolute atomic E-state index is 12.0. The zero-order chi connectivity index (χ0) is 20.9. The number of nitrogens with zero attached hydrogens (tertiary/aromatic N) is 1. The van der Waals surface area contributed by atoms with Crippen molar-refractivity contribution in [2.24, 2.45) is 5.73 Å². The van der Waals surface area contributed by atoms with Crippen molar-refractivity contribution in [3.63, 3.8) is 0 Å². The molecule has 0 aliphatic carbocycles. The quantitative estimate of drug-likeness (QED) is 0.655. The minimum atomic E-state index is -0.498. The normalized spacial score (nSPS) is 18.7. The van der Waals surface area contributed by atoms with Gasteiger partial charge in [0.25, 0.3) is 5.91 Å². The summed E-state index contributed by atoms with van der Waals surface area (Å²) in [7, 11) is 1.72. The number of para-hydroxylation sites is 1. The molecule has 3 aromatic rings. The van der Waals surface area contributed by atoms with Gasteiger partial charge < -0.3 is 20.5 Å². The molecule has 0 radical (unpaired) electrons. The first-order chi connectivity index (χ1) is 14.7. The van der Waals surface area contributed by atoms with E-state index in [9.17, 15) is 4.79 Å². The molecule has 6 heteroatoms. The maximum Gasteiger partial charge on any atom is 0.250 e. The van der Waals surface area contributed by atoms with Gasteiger partial charge in [-0.3, -0.25) is 9.78 Å². The van der Waals surface area contributed by atoms with Crippen LogP contribution in [0.3, 0.4) is 0 Å². The summed E-state index contributed by atoms with van der Waals surface area (Å²) in [6.45, 7) is 1.69. The van der Waals surface area contributed by atoms with Crippen LogP contribution in [0.2, 0.25) is 0 Å². The Hall–Kier alpha value is -3.22. The van der Waals surface area contributed by atoms with Crippen molar-refractivity contribution in [3.05, 3.63) is 78.0 Å². The van der Waals surface area contributed by atoms with Gasteiger partial charge >= 0.3 is 0 Å². The van der Waals surface area contributed by atoms with Crippen molar-refractivity contribution >= 4 is 5.91 Å². The molecule has 0 saturated carbocycles. The van der Waals surface area contributed by atoms with Crippen molar-refractivity contribution in [1.82, 2.24) is 10.3 Å². The number of ether oxygens (including phenoxy) is 2. The molecule has 2 unspecified atom stereocenters. The summed E-state index contributed by atoms with van der Waals surface area (Å²) >= 11 is 0. The lowest BCUT2D eigenvalue weighted by atomic mass is 9.90. The Labute approximate surface area is 176 Å². The average molecular weight is 403 g/mol. The van der Waals surface area contributed by atoms with Gasteiger partial charge in [-0.1, -0.05) is 18.2 Å². The standard InChI is InChI=1S/C24H25N3O3/c1-29-22-15-26-14-13-19(22)21-12-11-20(24(25)28)23(27-21)16-7-9-18(10-8-16)30-17-5-3-2-4-6-17/h2-12,19,22,26H,13-15H2,1H3,(H2,25,28). The second-order valence-corrected chi connectivity index (χ2v) is 7.31. The van der Waals surface area contributed by atoms with Crippen LogP contribution in [0.5, 0.6) is 11.5 Å². The number of benzene rings is 2. The van der Waals surface area contributed by atoms with Crippen LogP contribution in [0.4, 0.5) is 0 Å². The molecule has 1 aromatic heterocycles. The minimum absolute atomic E-state index is 0.0418. The molecule has 6 nitrogen and oxygen atoms in total. The van der Waals surface area contributed by atoms with Crippen molar-refractivity contribution in [1.29, 1.82) is 0 Å². The molecular weight excluding hydrogens is 378 g/mol. The third-order valence-electron chi connectivity index (χ3n) is 5.40. The molecule has 154 valence electrons. The monoisotopic (exact) mass is 403 g/mol. The van der Waals surface area contributed by atoms with Crippen LogP contribution in [-0.2, 0) is 4.74 Å². The predicted molar refractivity (Wildman–Crippen MR) is 116 cm³/mol. The van der Waals surface area contributed by atoms with Gasteiger partial charge in [-0.2, -0.15) is 0 Å². The number of carbonyl (C=O) groups is 1. The van der Waals surface area contributed by atoms with E-state index in [4.69, 9.17) is 20.2 Å². The van der Waals surface area contributed by atoms with Crippen LogP contribution < -0.4 is 15.8 Å². The van der Waals surface area contributed by atoms with Crippen molar-refractivity contribution in [3.8, 4) is 22.8 Å². The molecule has 4 rings (SSSR count). The highest BCUT2D eigenvalue weighted by Gasteiger charge is 2.28.